The number of amides is 1. The highest BCUT2D eigenvalue weighted by Crippen LogP contribution is 2.24. The topological polar surface area (TPSA) is 70.4 Å². The largest absolute Gasteiger partial charge is 0.356 e. The van der Waals surface area contributed by atoms with E-state index in [9.17, 15) is 4.79 Å². The van der Waals surface area contributed by atoms with Crippen LogP contribution in [0.1, 0.15) is 62.4 Å². The summed E-state index contributed by atoms with van der Waals surface area (Å²) in [6, 6.07) is 2.63. The number of piperidine rings is 3. The van der Waals surface area contributed by atoms with Crippen molar-refractivity contribution in [1.29, 1.82) is 0 Å². The molecular formula is C24H35N7O. The lowest BCUT2D eigenvalue weighted by Gasteiger charge is -2.40. The summed E-state index contributed by atoms with van der Waals surface area (Å²) in [7, 11) is 0. The minimum atomic E-state index is 0.0279. The minimum Gasteiger partial charge on any atom is -0.356 e. The molecule has 32 heavy (non-hydrogen) atoms. The highest BCUT2D eigenvalue weighted by molar-refractivity contribution is 5.92. The van der Waals surface area contributed by atoms with Crippen molar-refractivity contribution >= 4 is 11.7 Å². The van der Waals surface area contributed by atoms with E-state index in [1.165, 1.54) is 45.2 Å². The number of hydrogen-bond donors (Lipinski definition) is 0. The molecular weight excluding hydrogens is 402 g/mol. The quantitative estimate of drug-likeness (QED) is 0.732. The van der Waals surface area contributed by atoms with E-state index in [-0.39, 0.29) is 5.91 Å². The van der Waals surface area contributed by atoms with Crippen LogP contribution in [-0.2, 0) is 0 Å². The van der Waals surface area contributed by atoms with Gasteiger partial charge in [0.2, 0.25) is 0 Å². The molecule has 0 atom stereocenters. The van der Waals surface area contributed by atoms with Gasteiger partial charge in [-0.05, 0) is 57.5 Å². The summed E-state index contributed by atoms with van der Waals surface area (Å²) in [6.45, 7) is 8.44. The van der Waals surface area contributed by atoms with E-state index in [1.807, 2.05) is 21.7 Å². The summed E-state index contributed by atoms with van der Waals surface area (Å²) >= 11 is 0. The predicted molar refractivity (Wildman–Crippen MR) is 124 cm³/mol. The van der Waals surface area contributed by atoms with Gasteiger partial charge in [-0.2, -0.15) is 0 Å². The molecule has 0 bridgehead atoms. The molecule has 3 aliphatic heterocycles. The molecule has 0 aliphatic carbocycles. The highest BCUT2D eigenvalue weighted by Gasteiger charge is 2.29. The van der Waals surface area contributed by atoms with E-state index >= 15 is 0 Å². The Morgan fingerprint density at radius 1 is 0.875 bits per heavy atom. The summed E-state index contributed by atoms with van der Waals surface area (Å²) < 4.78 is 1.84. The summed E-state index contributed by atoms with van der Waals surface area (Å²) in [6.07, 6.45) is 13.6. The summed E-state index contributed by atoms with van der Waals surface area (Å²) in [4.78, 5) is 33.3. The van der Waals surface area contributed by atoms with E-state index in [0.717, 1.165) is 56.6 Å². The van der Waals surface area contributed by atoms with Crippen molar-refractivity contribution in [3.8, 4) is 5.82 Å². The third kappa shape index (κ3) is 4.65. The molecule has 0 N–H and O–H groups in total. The van der Waals surface area contributed by atoms with Gasteiger partial charge < -0.3 is 14.7 Å². The van der Waals surface area contributed by atoms with Gasteiger partial charge in [-0.15, -0.1) is 0 Å². The van der Waals surface area contributed by atoms with Crippen LogP contribution in [0.2, 0.25) is 0 Å². The molecule has 0 unspecified atom stereocenters. The van der Waals surface area contributed by atoms with Crippen molar-refractivity contribution in [2.24, 2.45) is 5.92 Å². The van der Waals surface area contributed by atoms with Crippen LogP contribution in [0.15, 0.2) is 24.9 Å². The normalized spacial score (nSPS) is 21.8. The van der Waals surface area contributed by atoms with E-state index in [2.05, 4.69) is 31.7 Å². The Labute approximate surface area is 190 Å². The highest BCUT2D eigenvalue weighted by atomic mass is 16.2. The first-order valence-corrected chi connectivity index (χ1v) is 12.3. The van der Waals surface area contributed by atoms with Crippen molar-refractivity contribution in [2.45, 2.75) is 57.9 Å². The van der Waals surface area contributed by atoms with E-state index in [1.54, 1.807) is 12.7 Å². The zero-order valence-electron chi connectivity index (χ0n) is 19.2. The van der Waals surface area contributed by atoms with Crippen molar-refractivity contribution in [3.63, 3.8) is 0 Å². The number of likely N-dealkylation sites (tertiary alicyclic amines) is 2. The molecule has 3 aliphatic rings. The lowest BCUT2D eigenvalue weighted by Crippen LogP contribution is -2.48. The van der Waals surface area contributed by atoms with Gasteiger partial charge in [0, 0.05) is 44.5 Å². The standard InChI is InChI=1S/C24H35N7O/c1-19-5-11-29(12-6-19)22-15-23(26-17-25-22)31-16-21(27-18-31)24(32)30-13-7-20(8-14-30)28-9-3-2-4-10-28/h15-20H,2-14H2,1H3. The Morgan fingerprint density at radius 3 is 2.34 bits per heavy atom. The molecule has 0 spiro atoms. The third-order valence-electron chi connectivity index (χ3n) is 7.47. The van der Waals surface area contributed by atoms with Gasteiger partial charge in [0.05, 0.1) is 0 Å². The monoisotopic (exact) mass is 437 g/mol. The zero-order chi connectivity index (χ0) is 21.9. The van der Waals surface area contributed by atoms with Crippen molar-refractivity contribution in [2.75, 3.05) is 44.2 Å². The van der Waals surface area contributed by atoms with Crippen LogP contribution in [0, 0.1) is 5.92 Å². The zero-order valence-corrected chi connectivity index (χ0v) is 19.2. The lowest BCUT2D eigenvalue weighted by atomic mass is 9.99. The number of aromatic nitrogens is 4. The maximum absolute atomic E-state index is 13.1. The average molecular weight is 438 g/mol. The number of nitrogens with zero attached hydrogens (tertiary/aromatic N) is 7. The fourth-order valence-corrected chi connectivity index (χ4v) is 5.33. The van der Waals surface area contributed by atoms with Crippen molar-refractivity contribution in [1.82, 2.24) is 29.3 Å². The first-order chi connectivity index (χ1) is 15.7. The van der Waals surface area contributed by atoms with E-state index in [4.69, 9.17) is 0 Å². The Bertz CT molecular complexity index is 907. The molecule has 0 saturated carbocycles. The van der Waals surface area contributed by atoms with Crippen LogP contribution in [-0.4, -0.2) is 80.5 Å². The van der Waals surface area contributed by atoms with Gasteiger partial charge in [-0.25, -0.2) is 15.0 Å². The van der Waals surface area contributed by atoms with Gasteiger partial charge in [0.25, 0.3) is 5.91 Å². The van der Waals surface area contributed by atoms with Gasteiger partial charge in [-0.1, -0.05) is 13.3 Å². The molecule has 3 fully saturated rings. The first kappa shape index (κ1) is 21.4. The van der Waals surface area contributed by atoms with Crippen molar-refractivity contribution < 1.29 is 4.79 Å². The van der Waals surface area contributed by atoms with E-state index in [0.29, 0.717) is 11.7 Å². The molecule has 5 heterocycles. The molecule has 172 valence electrons. The summed E-state index contributed by atoms with van der Waals surface area (Å²) in [5.41, 5.74) is 0.494. The maximum atomic E-state index is 13.1. The summed E-state index contributed by atoms with van der Waals surface area (Å²) in [5, 5.41) is 0. The van der Waals surface area contributed by atoms with Crippen LogP contribution < -0.4 is 4.90 Å². The molecule has 0 aromatic carbocycles. The molecule has 2 aromatic rings. The number of imidazole rings is 1. The molecule has 0 radical (unpaired) electrons. The average Bonchev–Trinajstić information content (AvgIpc) is 3.35. The molecule has 3 saturated heterocycles. The summed E-state index contributed by atoms with van der Waals surface area (Å²) in [5.74, 6) is 2.51. The Hall–Kier alpha value is -2.48. The van der Waals surface area contributed by atoms with Gasteiger partial charge >= 0.3 is 0 Å². The number of carbonyl (C=O) groups is 1. The molecule has 2 aromatic heterocycles. The first-order valence-electron chi connectivity index (χ1n) is 12.3. The lowest BCUT2D eigenvalue weighted by molar-refractivity contribution is 0.0585. The molecule has 8 heteroatoms. The Balaban J connectivity index is 1.21. The number of hydrogen-bond acceptors (Lipinski definition) is 6. The second kappa shape index (κ2) is 9.57. The third-order valence-corrected chi connectivity index (χ3v) is 7.47. The Kier molecular flexibility index (Phi) is 6.39. The predicted octanol–water partition coefficient (Wildman–Crippen LogP) is 2.99. The minimum absolute atomic E-state index is 0.0279. The van der Waals surface area contributed by atoms with Gasteiger partial charge in [-0.3, -0.25) is 9.36 Å². The second-order valence-electron chi connectivity index (χ2n) is 9.69. The van der Waals surface area contributed by atoms with Crippen LogP contribution in [0.25, 0.3) is 5.82 Å². The van der Waals surface area contributed by atoms with Crippen LogP contribution in [0.5, 0.6) is 0 Å². The van der Waals surface area contributed by atoms with Crippen LogP contribution in [0.4, 0.5) is 5.82 Å². The number of anilines is 1. The van der Waals surface area contributed by atoms with Crippen LogP contribution >= 0.6 is 0 Å². The van der Waals surface area contributed by atoms with Crippen molar-refractivity contribution in [3.05, 3.63) is 30.6 Å². The molecule has 8 nitrogen and oxygen atoms in total. The molecule has 1 amide bonds. The van der Waals surface area contributed by atoms with E-state index < -0.39 is 0 Å². The number of rotatable bonds is 4. The fourth-order valence-electron chi connectivity index (χ4n) is 5.33. The fraction of sp³-hybridized carbons (Fsp3) is 0.667. The smallest absolute Gasteiger partial charge is 0.274 e. The van der Waals surface area contributed by atoms with Gasteiger partial charge in [0.1, 0.15) is 30.0 Å². The van der Waals surface area contributed by atoms with Gasteiger partial charge in [0.15, 0.2) is 0 Å². The number of carbonyl (C=O) groups excluding carboxylic acids is 1. The SMILES string of the molecule is CC1CCN(c2cc(-n3cnc(C(=O)N4CCC(N5CCCCC5)CC4)c3)ncn2)CC1. The second-order valence-corrected chi connectivity index (χ2v) is 9.69. The Morgan fingerprint density at radius 2 is 1.59 bits per heavy atom. The maximum Gasteiger partial charge on any atom is 0.274 e. The molecule has 5 rings (SSSR count). The van der Waals surface area contributed by atoms with Crippen LogP contribution in [0.3, 0.4) is 0 Å².